The van der Waals surface area contributed by atoms with Crippen LogP contribution in [-0.2, 0) is 6.54 Å². The van der Waals surface area contributed by atoms with Crippen molar-refractivity contribution in [3.05, 3.63) is 60.4 Å². The molecule has 0 aliphatic rings. The summed E-state index contributed by atoms with van der Waals surface area (Å²) >= 11 is 0. The number of hydrogen-bond acceptors (Lipinski definition) is 1. The number of nitrogens with zero attached hydrogens (tertiary/aromatic N) is 1. The molecule has 0 radical (unpaired) electrons. The van der Waals surface area contributed by atoms with Crippen molar-refractivity contribution in [2.75, 3.05) is 7.11 Å². The molecule has 0 fully saturated rings. The first-order valence-corrected chi connectivity index (χ1v) is 4.95. The van der Waals surface area contributed by atoms with Gasteiger partial charge >= 0.3 is 0 Å². The highest BCUT2D eigenvalue weighted by Crippen LogP contribution is 2.10. The second kappa shape index (κ2) is 6.28. The number of methoxy groups -OCH3 is 1. The van der Waals surface area contributed by atoms with E-state index in [1.807, 2.05) is 30.3 Å². The molecular weight excluding hydrogens is 266 g/mol. The van der Waals surface area contributed by atoms with Crippen LogP contribution in [0.5, 0.6) is 5.75 Å². The molecule has 2 rings (SSSR count). The van der Waals surface area contributed by atoms with E-state index in [0.717, 1.165) is 12.3 Å². The highest BCUT2D eigenvalue weighted by Gasteiger charge is 2.00. The Morgan fingerprint density at radius 2 is 1.62 bits per heavy atom. The van der Waals surface area contributed by atoms with E-state index in [-0.39, 0.29) is 17.0 Å². The smallest absolute Gasteiger partial charge is 0.173 e. The molecule has 1 aromatic carbocycles. The molecule has 0 saturated heterocycles. The van der Waals surface area contributed by atoms with Gasteiger partial charge in [0.2, 0.25) is 0 Å². The Morgan fingerprint density at radius 3 is 2.19 bits per heavy atom. The summed E-state index contributed by atoms with van der Waals surface area (Å²) in [5.74, 6) is 0.900. The minimum atomic E-state index is 0. The number of pyridine rings is 1. The SMILES string of the molecule is COc1ccc(C[n+]2ccccc2)cc1.[Br-]. The van der Waals surface area contributed by atoms with Crippen LogP contribution in [0.25, 0.3) is 0 Å². The lowest BCUT2D eigenvalue weighted by molar-refractivity contribution is -0.688. The van der Waals surface area contributed by atoms with E-state index >= 15 is 0 Å². The van der Waals surface area contributed by atoms with E-state index in [1.54, 1.807) is 7.11 Å². The fourth-order valence-electron chi connectivity index (χ4n) is 1.48. The predicted molar refractivity (Wildman–Crippen MR) is 58.7 cm³/mol. The fraction of sp³-hybridized carbons (Fsp3) is 0.154. The van der Waals surface area contributed by atoms with Gasteiger partial charge in [0.1, 0.15) is 5.75 Å². The summed E-state index contributed by atoms with van der Waals surface area (Å²) in [5, 5.41) is 0. The Kier molecular flexibility index (Phi) is 4.99. The van der Waals surface area contributed by atoms with Gasteiger partial charge in [-0.3, -0.25) is 0 Å². The largest absolute Gasteiger partial charge is 1.00 e. The zero-order chi connectivity index (χ0) is 10.5. The van der Waals surface area contributed by atoms with Gasteiger partial charge in [-0.05, 0) is 24.3 Å². The highest BCUT2D eigenvalue weighted by atomic mass is 79.9. The molecule has 2 aromatic rings. The quantitative estimate of drug-likeness (QED) is 0.660. The Bertz CT molecular complexity index is 414. The molecular formula is C13H14BrNO. The van der Waals surface area contributed by atoms with Crippen molar-refractivity contribution in [3.63, 3.8) is 0 Å². The van der Waals surface area contributed by atoms with E-state index in [2.05, 4.69) is 29.1 Å². The maximum atomic E-state index is 5.11. The van der Waals surface area contributed by atoms with Crippen molar-refractivity contribution in [3.8, 4) is 5.75 Å². The molecule has 2 nitrogen and oxygen atoms in total. The first-order valence-electron chi connectivity index (χ1n) is 4.95. The molecule has 0 amide bonds. The Morgan fingerprint density at radius 1 is 1.00 bits per heavy atom. The summed E-state index contributed by atoms with van der Waals surface area (Å²) in [5.41, 5.74) is 1.27. The summed E-state index contributed by atoms with van der Waals surface area (Å²) in [6.45, 7) is 0.894. The van der Waals surface area contributed by atoms with Gasteiger partial charge in [-0.25, -0.2) is 4.57 Å². The van der Waals surface area contributed by atoms with Gasteiger partial charge in [-0.15, -0.1) is 0 Å². The molecule has 1 heterocycles. The number of rotatable bonds is 3. The minimum Gasteiger partial charge on any atom is -1.00 e. The molecule has 0 saturated carbocycles. The molecule has 0 aliphatic heterocycles. The van der Waals surface area contributed by atoms with E-state index in [9.17, 15) is 0 Å². The average molecular weight is 280 g/mol. The predicted octanol–water partition coefficient (Wildman–Crippen LogP) is -0.965. The number of halogens is 1. The van der Waals surface area contributed by atoms with E-state index in [4.69, 9.17) is 4.74 Å². The minimum absolute atomic E-state index is 0. The van der Waals surface area contributed by atoms with Crippen LogP contribution in [0.4, 0.5) is 0 Å². The van der Waals surface area contributed by atoms with E-state index in [0.29, 0.717) is 0 Å². The molecule has 0 spiro atoms. The summed E-state index contributed by atoms with van der Waals surface area (Å²) in [6, 6.07) is 14.2. The average Bonchev–Trinajstić information content (AvgIpc) is 2.31. The number of benzene rings is 1. The normalized spacial score (nSPS) is 9.31. The van der Waals surface area contributed by atoms with Gasteiger partial charge in [0.05, 0.1) is 7.11 Å². The molecule has 0 N–H and O–H groups in total. The van der Waals surface area contributed by atoms with Crippen LogP contribution in [-0.4, -0.2) is 7.11 Å². The Balaban J connectivity index is 0.00000128. The van der Waals surface area contributed by atoms with Gasteiger partial charge in [-0.1, -0.05) is 6.07 Å². The molecule has 84 valence electrons. The monoisotopic (exact) mass is 279 g/mol. The highest BCUT2D eigenvalue weighted by molar-refractivity contribution is 5.26. The molecule has 0 bridgehead atoms. The summed E-state index contributed by atoms with van der Waals surface area (Å²) in [4.78, 5) is 0. The van der Waals surface area contributed by atoms with Crippen molar-refractivity contribution in [2.45, 2.75) is 6.54 Å². The van der Waals surface area contributed by atoms with Crippen LogP contribution in [0.15, 0.2) is 54.9 Å². The lowest BCUT2D eigenvalue weighted by atomic mass is 10.2. The lowest BCUT2D eigenvalue weighted by Gasteiger charge is -2.00. The van der Waals surface area contributed by atoms with Crippen LogP contribution in [0.2, 0.25) is 0 Å². The second-order valence-electron chi connectivity index (χ2n) is 3.40. The Labute approximate surface area is 106 Å². The van der Waals surface area contributed by atoms with Crippen molar-refractivity contribution in [1.29, 1.82) is 0 Å². The van der Waals surface area contributed by atoms with Gasteiger partial charge in [0.25, 0.3) is 0 Å². The number of hydrogen-bond donors (Lipinski definition) is 0. The molecule has 1 aromatic heterocycles. The van der Waals surface area contributed by atoms with Crippen LogP contribution < -0.4 is 26.3 Å². The molecule has 0 aliphatic carbocycles. The van der Waals surface area contributed by atoms with E-state index in [1.165, 1.54) is 5.56 Å². The second-order valence-corrected chi connectivity index (χ2v) is 3.40. The van der Waals surface area contributed by atoms with Gasteiger partial charge < -0.3 is 21.7 Å². The van der Waals surface area contributed by atoms with Gasteiger partial charge in [0.15, 0.2) is 18.9 Å². The first kappa shape index (κ1) is 12.7. The maximum Gasteiger partial charge on any atom is 0.173 e. The fourth-order valence-corrected chi connectivity index (χ4v) is 1.48. The third kappa shape index (κ3) is 3.35. The van der Waals surface area contributed by atoms with Crippen LogP contribution in [0.3, 0.4) is 0 Å². The van der Waals surface area contributed by atoms with Crippen molar-refractivity contribution < 1.29 is 26.3 Å². The summed E-state index contributed by atoms with van der Waals surface area (Å²) < 4.78 is 7.25. The topological polar surface area (TPSA) is 13.1 Å². The number of aromatic nitrogens is 1. The third-order valence-electron chi connectivity index (χ3n) is 2.30. The molecule has 0 atom stereocenters. The summed E-state index contributed by atoms with van der Waals surface area (Å²) in [6.07, 6.45) is 4.12. The van der Waals surface area contributed by atoms with Crippen molar-refractivity contribution in [1.82, 2.24) is 0 Å². The zero-order valence-corrected chi connectivity index (χ0v) is 10.7. The zero-order valence-electron chi connectivity index (χ0n) is 9.14. The van der Waals surface area contributed by atoms with Crippen LogP contribution in [0.1, 0.15) is 5.56 Å². The van der Waals surface area contributed by atoms with Gasteiger partial charge in [0, 0.05) is 17.7 Å². The lowest BCUT2D eigenvalue weighted by Crippen LogP contribution is -3.00. The summed E-state index contributed by atoms with van der Waals surface area (Å²) in [7, 11) is 1.68. The van der Waals surface area contributed by atoms with Crippen molar-refractivity contribution in [2.24, 2.45) is 0 Å². The Hall–Kier alpha value is -1.35. The molecule has 3 heteroatoms. The van der Waals surface area contributed by atoms with E-state index < -0.39 is 0 Å². The number of ether oxygens (including phenoxy) is 1. The van der Waals surface area contributed by atoms with Crippen molar-refractivity contribution >= 4 is 0 Å². The van der Waals surface area contributed by atoms with Gasteiger partial charge in [-0.2, -0.15) is 0 Å². The van der Waals surface area contributed by atoms with Crippen LogP contribution in [0, 0.1) is 0 Å². The third-order valence-corrected chi connectivity index (χ3v) is 2.30. The first-order chi connectivity index (χ1) is 7.38. The standard InChI is InChI=1S/C13H14NO.BrH/c1-15-13-7-5-12(6-8-13)11-14-9-3-2-4-10-14;/h2-10H,11H2,1H3;1H/q+1;/p-1. The maximum absolute atomic E-state index is 5.11. The molecule has 0 unspecified atom stereocenters. The van der Waals surface area contributed by atoms with Crippen LogP contribution >= 0.6 is 0 Å². The molecule has 16 heavy (non-hydrogen) atoms.